The van der Waals surface area contributed by atoms with Gasteiger partial charge in [0, 0.05) is 18.7 Å². The zero-order valence-electron chi connectivity index (χ0n) is 18.2. The maximum atomic E-state index is 13.1. The average molecular weight is 470 g/mol. The summed E-state index contributed by atoms with van der Waals surface area (Å²) in [7, 11) is 0.387. The molecule has 9 nitrogen and oxygen atoms in total. The Hall–Kier alpha value is -4.05. The van der Waals surface area contributed by atoms with Crippen molar-refractivity contribution in [3.05, 3.63) is 77.9 Å². The standard InChI is InChI=1S/C23H23N3O6S/c1-26(33(29,30)17-12-13-20(31-2)21(14-17)32-3)16-10-8-15(9-11-16)23(28)25-19-7-5-4-6-18(19)22(24)27/h4-14H,1-3H3,(H2,24,27)(H,25,28). The molecular weight excluding hydrogens is 446 g/mol. The SMILES string of the molecule is COc1ccc(S(=O)(=O)N(C)c2ccc(C(=O)Nc3ccccc3C(N)=O)cc2)cc1OC. The Labute approximate surface area is 191 Å². The Kier molecular flexibility index (Phi) is 6.88. The minimum absolute atomic E-state index is 0.0209. The van der Waals surface area contributed by atoms with Crippen LogP contribution in [-0.2, 0) is 10.0 Å². The highest BCUT2D eigenvalue weighted by molar-refractivity contribution is 7.92. The van der Waals surface area contributed by atoms with Crippen LogP contribution in [0.5, 0.6) is 11.5 Å². The van der Waals surface area contributed by atoms with Gasteiger partial charge in [-0.05, 0) is 48.5 Å². The van der Waals surface area contributed by atoms with Crippen LogP contribution in [0.2, 0.25) is 0 Å². The monoisotopic (exact) mass is 469 g/mol. The van der Waals surface area contributed by atoms with Crippen molar-refractivity contribution in [2.45, 2.75) is 4.90 Å². The quantitative estimate of drug-likeness (QED) is 0.522. The van der Waals surface area contributed by atoms with Crippen LogP contribution in [0.25, 0.3) is 0 Å². The minimum atomic E-state index is -3.90. The van der Waals surface area contributed by atoms with E-state index < -0.39 is 21.8 Å². The molecule has 3 aromatic rings. The fourth-order valence-electron chi connectivity index (χ4n) is 3.10. The Balaban J connectivity index is 1.82. The van der Waals surface area contributed by atoms with Crippen molar-refractivity contribution in [1.82, 2.24) is 0 Å². The maximum absolute atomic E-state index is 13.1. The number of carbonyl (C=O) groups excluding carboxylic acids is 2. The molecule has 0 fully saturated rings. The zero-order chi connectivity index (χ0) is 24.2. The van der Waals surface area contributed by atoms with Gasteiger partial charge in [0.25, 0.3) is 21.8 Å². The third-order valence-electron chi connectivity index (χ3n) is 4.95. The highest BCUT2D eigenvalue weighted by atomic mass is 32.2. The fourth-order valence-corrected chi connectivity index (χ4v) is 4.31. The summed E-state index contributed by atoms with van der Waals surface area (Å²) in [5.74, 6) is -0.438. The van der Waals surface area contributed by atoms with Crippen LogP contribution in [0.3, 0.4) is 0 Å². The summed E-state index contributed by atoms with van der Waals surface area (Å²) < 4.78 is 37.6. The molecule has 0 aromatic heterocycles. The van der Waals surface area contributed by atoms with E-state index in [1.165, 1.54) is 69.8 Å². The summed E-state index contributed by atoms with van der Waals surface area (Å²) in [6.07, 6.45) is 0. The molecule has 0 aliphatic carbocycles. The number of nitrogens with two attached hydrogens (primary N) is 1. The number of anilines is 2. The molecule has 0 spiro atoms. The van der Waals surface area contributed by atoms with Gasteiger partial charge in [0.15, 0.2) is 11.5 Å². The Morgan fingerprint density at radius 2 is 1.55 bits per heavy atom. The van der Waals surface area contributed by atoms with E-state index in [-0.39, 0.29) is 27.5 Å². The lowest BCUT2D eigenvalue weighted by atomic mass is 10.1. The number of hydrogen-bond acceptors (Lipinski definition) is 6. The molecule has 2 amide bonds. The number of ether oxygens (including phenoxy) is 2. The Morgan fingerprint density at radius 3 is 2.15 bits per heavy atom. The molecule has 33 heavy (non-hydrogen) atoms. The molecule has 10 heteroatoms. The van der Waals surface area contributed by atoms with Crippen molar-refractivity contribution in [2.75, 3.05) is 30.9 Å². The van der Waals surface area contributed by atoms with Crippen LogP contribution in [-0.4, -0.2) is 41.5 Å². The summed E-state index contributed by atoms with van der Waals surface area (Å²) in [6, 6.07) is 16.7. The second-order valence-corrected chi connectivity index (χ2v) is 8.87. The first kappa shape index (κ1) is 23.6. The number of amides is 2. The molecule has 172 valence electrons. The first-order valence-electron chi connectivity index (χ1n) is 9.70. The first-order chi connectivity index (χ1) is 15.7. The van der Waals surface area contributed by atoms with Gasteiger partial charge in [0.2, 0.25) is 0 Å². The van der Waals surface area contributed by atoms with Crippen LogP contribution in [0, 0.1) is 0 Å². The van der Waals surface area contributed by atoms with Gasteiger partial charge < -0.3 is 20.5 Å². The predicted molar refractivity (Wildman–Crippen MR) is 124 cm³/mol. The summed E-state index contributed by atoms with van der Waals surface area (Å²) >= 11 is 0. The fraction of sp³-hybridized carbons (Fsp3) is 0.130. The number of nitrogens with one attached hydrogen (secondary N) is 1. The van der Waals surface area contributed by atoms with Gasteiger partial charge in [-0.15, -0.1) is 0 Å². The van der Waals surface area contributed by atoms with Crippen molar-refractivity contribution >= 4 is 33.2 Å². The molecule has 0 aliphatic heterocycles. The van der Waals surface area contributed by atoms with Gasteiger partial charge in [-0.3, -0.25) is 13.9 Å². The van der Waals surface area contributed by atoms with Gasteiger partial charge in [0.05, 0.1) is 36.1 Å². The summed E-state index contributed by atoms with van der Waals surface area (Å²) in [6.45, 7) is 0. The molecule has 0 aliphatic rings. The van der Waals surface area contributed by atoms with Crippen molar-refractivity contribution in [3.8, 4) is 11.5 Å². The Morgan fingerprint density at radius 1 is 0.909 bits per heavy atom. The number of carbonyl (C=O) groups is 2. The van der Waals surface area contributed by atoms with Crippen LogP contribution in [0.15, 0.2) is 71.6 Å². The molecule has 3 N–H and O–H groups in total. The van der Waals surface area contributed by atoms with Crippen molar-refractivity contribution in [1.29, 1.82) is 0 Å². The second kappa shape index (κ2) is 9.61. The lowest BCUT2D eigenvalue weighted by Crippen LogP contribution is -2.26. The lowest BCUT2D eigenvalue weighted by Gasteiger charge is -2.20. The predicted octanol–water partition coefficient (Wildman–Crippen LogP) is 2.88. The summed E-state index contributed by atoms with van der Waals surface area (Å²) in [5.41, 5.74) is 6.43. The van der Waals surface area contributed by atoms with Crippen LogP contribution >= 0.6 is 0 Å². The molecule has 0 bridgehead atoms. The molecule has 0 saturated carbocycles. The minimum Gasteiger partial charge on any atom is -0.493 e. The molecule has 0 saturated heterocycles. The highest BCUT2D eigenvalue weighted by Crippen LogP contribution is 2.31. The van der Waals surface area contributed by atoms with Crippen LogP contribution in [0.1, 0.15) is 20.7 Å². The molecule has 0 radical (unpaired) electrons. The molecule has 3 rings (SSSR count). The van der Waals surface area contributed by atoms with E-state index in [0.717, 1.165) is 4.31 Å². The van der Waals surface area contributed by atoms with Crippen LogP contribution in [0.4, 0.5) is 11.4 Å². The lowest BCUT2D eigenvalue weighted by molar-refractivity contribution is 0.100. The number of para-hydroxylation sites is 1. The maximum Gasteiger partial charge on any atom is 0.264 e. The van der Waals surface area contributed by atoms with E-state index in [2.05, 4.69) is 5.32 Å². The van der Waals surface area contributed by atoms with E-state index in [0.29, 0.717) is 11.4 Å². The number of rotatable bonds is 8. The largest absolute Gasteiger partial charge is 0.493 e. The molecule has 0 unspecified atom stereocenters. The number of benzene rings is 3. The highest BCUT2D eigenvalue weighted by Gasteiger charge is 2.23. The van der Waals surface area contributed by atoms with Crippen molar-refractivity contribution in [2.24, 2.45) is 5.73 Å². The van der Waals surface area contributed by atoms with Gasteiger partial charge in [-0.1, -0.05) is 12.1 Å². The first-order valence-corrected chi connectivity index (χ1v) is 11.1. The summed E-state index contributed by atoms with van der Waals surface area (Å²) in [5, 5.41) is 2.64. The normalized spacial score (nSPS) is 10.9. The van der Waals surface area contributed by atoms with Crippen molar-refractivity contribution in [3.63, 3.8) is 0 Å². The summed E-state index contributed by atoms with van der Waals surface area (Å²) in [4.78, 5) is 24.2. The molecular formula is C23H23N3O6S. The number of nitrogens with zero attached hydrogens (tertiary/aromatic N) is 1. The van der Waals surface area contributed by atoms with Gasteiger partial charge in [-0.2, -0.15) is 0 Å². The average Bonchev–Trinajstić information content (AvgIpc) is 2.83. The number of methoxy groups -OCH3 is 2. The van der Waals surface area contributed by atoms with E-state index >= 15 is 0 Å². The number of hydrogen-bond donors (Lipinski definition) is 2. The van der Waals surface area contributed by atoms with Gasteiger partial charge in [-0.25, -0.2) is 8.42 Å². The zero-order valence-corrected chi connectivity index (χ0v) is 19.0. The third kappa shape index (κ3) is 4.90. The smallest absolute Gasteiger partial charge is 0.264 e. The van der Waals surface area contributed by atoms with Crippen molar-refractivity contribution < 1.29 is 27.5 Å². The number of sulfonamides is 1. The number of primary amides is 1. The topological polar surface area (TPSA) is 128 Å². The van der Waals surface area contributed by atoms with E-state index in [1.807, 2.05) is 0 Å². The van der Waals surface area contributed by atoms with E-state index in [4.69, 9.17) is 15.2 Å². The molecule has 3 aromatic carbocycles. The molecule has 0 heterocycles. The molecule has 0 atom stereocenters. The van der Waals surface area contributed by atoms with E-state index in [1.54, 1.807) is 18.2 Å². The third-order valence-corrected chi connectivity index (χ3v) is 6.73. The van der Waals surface area contributed by atoms with Gasteiger partial charge in [0.1, 0.15) is 0 Å². The van der Waals surface area contributed by atoms with Crippen LogP contribution < -0.4 is 24.8 Å². The second-order valence-electron chi connectivity index (χ2n) is 6.90. The van der Waals surface area contributed by atoms with Gasteiger partial charge >= 0.3 is 0 Å². The Bertz CT molecular complexity index is 1290. The van der Waals surface area contributed by atoms with E-state index in [9.17, 15) is 18.0 Å².